The maximum absolute atomic E-state index is 10.4. The van der Waals surface area contributed by atoms with Crippen LogP contribution in [0.25, 0.3) is 0 Å². The Morgan fingerprint density at radius 2 is 1.00 bits per heavy atom. The van der Waals surface area contributed by atoms with Gasteiger partial charge in [0.15, 0.2) is 0 Å². The van der Waals surface area contributed by atoms with Gasteiger partial charge in [-0.1, -0.05) is 0 Å². The van der Waals surface area contributed by atoms with E-state index in [2.05, 4.69) is 0 Å². The molecule has 1 amide bonds. The molecule has 8 heteroatoms. The van der Waals surface area contributed by atoms with Crippen LogP contribution in [0.3, 0.4) is 0 Å². The number of methoxy groups -OCH3 is 1. The third kappa shape index (κ3) is 19.2. The first-order valence-corrected chi connectivity index (χ1v) is 6.93. The predicted octanol–water partition coefficient (Wildman–Crippen LogP) is -0.799. The maximum Gasteiger partial charge on any atom is 0.243 e. The second-order valence-corrected chi connectivity index (χ2v) is 3.96. The molecule has 0 heterocycles. The molecule has 0 rings (SSSR count). The van der Waals surface area contributed by atoms with Crippen LogP contribution in [0.1, 0.15) is 0 Å². The molecule has 0 aliphatic carbocycles. The van der Waals surface area contributed by atoms with E-state index in [1.54, 1.807) is 7.11 Å². The van der Waals surface area contributed by atoms with Gasteiger partial charge in [-0.25, -0.2) is 0 Å². The number of ether oxygens (including phenoxy) is 6. The van der Waals surface area contributed by atoms with Crippen LogP contribution in [0.2, 0.25) is 0 Å². The number of rotatable bonds is 17. The van der Waals surface area contributed by atoms with E-state index in [1.165, 1.54) is 0 Å². The largest absolute Gasteiger partial charge is 0.382 e. The lowest BCUT2D eigenvalue weighted by Crippen LogP contribution is -2.20. The van der Waals surface area contributed by atoms with Crippen LogP contribution in [0.15, 0.2) is 0 Å². The molecule has 0 spiro atoms. The molecule has 0 aromatic rings. The number of primary amides is 1. The van der Waals surface area contributed by atoms with Gasteiger partial charge < -0.3 is 34.2 Å². The Bertz CT molecular complexity index is 229. The lowest BCUT2D eigenvalue weighted by Gasteiger charge is -2.07. The van der Waals surface area contributed by atoms with Crippen LogP contribution < -0.4 is 5.73 Å². The summed E-state index contributed by atoms with van der Waals surface area (Å²) >= 11 is 0. The van der Waals surface area contributed by atoms with Crippen molar-refractivity contribution >= 4 is 5.91 Å². The van der Waals surface area contributed by atoms with Gasteiger partial charge in [0.2, 0.25) is 5.91 Å². The van der Waals surface area contributed by atoms with E-state index in [9.17, 15) is 4.79 Å². The fourth-order valence-electron chi connectivity index (χ4n) is 1.19. The van der Waals surface area contributed by atoms with Gasteiger partial charge in [0.25, 0.3) is 0 Å². The molecule has 0 aromatic carbocycles. The summed E-state index contributed by atoms with van der Waals surface area (Å²) in [6.07, 6.45) is 0. The van der Waals surface area contributed by atoms with Gasteiger partial charge in [-0.3, -0.25) is 4.79 Å². The minimum Gasteiger partial charge on any atom is -0.382 e. The molecule has 21 heavy (non-hydrogen) atoms. The summed E-state index contributed by atoms with van der Waals surface area (Å²) in [5.41, 5.74) is 4.90. The predicted molar refractivity (Wildman–Crippen MR) is 75.2 cm³/mol. The van der Waals surface area contributed by atoms with Crippen molar-refractivity contribution in [3.8, 4) is 0 Å². The van der Waals surface area contributed by atoms with E-state index in [0.29, 0.717) is 66.1 Å². The number of amides is 1. The van der Waals surface area contributed by atoms with Crippen molar-refractivity contribution in [1.82, 2.24) is 0 Å². The average molecular weight is 309 g/mol. The van der Waals surface area contributed by atoms with Gasteiger partial charge in [-0.05, 0) is 0 Å². The summed E-state index contributed by atoms with van der Waals surface area (Å²) in [7, 11) is 1.63. The first-order chi connectivity index (χ1) is 10.3. The van der Waals surface area contributed by atoms with E-state index in [4.69, 9.17) is 34.2 Å². The lowest BCUT2D eigenvalue weighted by molar-refractivity contribution is -0.123. The highest BCUT2D eigenvalue weighted by atomic mass is 16.6. The number of nitrogens with two attached hydrogens (primary N) is 1. The monoisotopic (exact) mass is 309 g/mol. The zero-order valence-corrected chi connectivity index (χ0v) is 12.7. The van der Waals surface area contributed by atoms with Crippen molar-refractivity contribution in [3.05, 3.63) is 0 Å². The summed E-state index contributed by atoms with van der Waals surface area (Å²) in [5.74, 6) is -0.484. The molecule has 0 unspecified atom stereocenters. The van der Waals surface area contributed by atoms with Gasteiger partial charge in [0.05, 0.1) is 66.1 Å². The number of carbonyl (C=O) groups is 1. The fraction of sp³-hybridized carbons (Fsp3) is 0.923. The topological polar surface area (TPSA) is 98.5 Å². The quantitative estimate of drug-likeness (QED) is 0.351. The summed E-state index contributed by atoms with van der Waals surface area (Å²) in [6.45, 7) is 4.94. The fourth-order valence-corrected chi connectivity index (χ4v) is 1.19. The molecule has 8 nitrogen and oxygen atoms in total. The lowest BCUT2D eigenvalue weighted by atomic mass is 10.6. The van der Waals surface area contributed by atoms with Gasteiger partial charge in [0.1, 0.15) is 6.61 Å². The first-order valence-electron chi connectivity index (χ1n) is 6.93. The third-order valence-electron chi connectivity index (χ3n) is 2.16. The highest BCUT2D eigenvalue weighted by molar-refractivity contribution is 5.74. The molecule has 0 bridgehead atoms. The van der Waals surface area contributed by atoms with Crippen molar-refractivity contribution < 1.29 is 33.2 Å². The molecular formula is C13H27NO7. The Kier molecular flexibility index (Phi) is 16.6. The Morgan fingerprint density at radius 1 is 0.667 bits per heavy atom. The van der Waals surface area contributed by atoms with Crippen LogP contribution in [-0.2, 0) is 33.2 Å². The molecule has 0 aliphatic heterocycles. The molecule has 0 fully saturated rings. The van der Waals surface area contributed by atoms with Gasteiger partial charge in [-0.15, -0.1) is 0 Å². The molecule has 0 saturated carbocycles. The van der Waals surface area contributed by atoms with Crippen LogP contribution in [0, 0.1) is 0 Å². The Balaban J connectivity index is 2.95. The second-order valence-electron chi connectivity index (χ2n) is 3.96. The van der Waals surface area contributed by atoms with Gasteiger partial charge in [-0.2, -0.15) is 0 Å². The highest BCUT2D eigenvalue weighted by Crippen LogP contribution is 1.83. The van der Waals surface area contributed by atoms with Crippen molar-refractivity contribution in [2.75, 3.05) is 79.8 Å². The second kappa shape index (κ2) is 17.3. The first kappa shape index (κ1) is 20.2. The number of hydrogen-bond acceptors (Lipinski definition) is 7. The average Bonchev–Trinajstić information content (AvgIpc) is 2.46. The normalized spacial score (nSPS) is 10.9. The van der Waals surface area contributed by atoms with Gasteiger partial charge >= 0.3 is 0 Å². The van der Waals surface area contributed by atoms with Crippen LogP contribution in [0.5, 0.6) is 0 Å². The molecular weight excluding hydrogens is 282 g/mol. The molecule has 0 aromatic heterocycles. The van der Waals surface area contributed by atoms with Crippen LogP contribution in [0.4, 0.5) is 0 Å². The summed E-state index contributed by atoms with van der Waals surface area (Å²) in [5, 5.41) is 0. The van der Waals surface area contributed by atoms with Crippen LogP contribution in [-0.4, -0.2) is 85.7 Å². The number of hydrogen-bond donors (Lipinski definition) is 1. The Morgan fingerprint density at radius 3 is 1.33 bits per heavy atom. The minimum absolute atomic E-state index is 0.0770. The zero-order chi connectivity index (χ0) is 15.6. The summed E-state index contributed by atoms with van der Waals surface area (Å²) < 4.78 is 30.8. The van der Waals surface area contributed by atoms with E-state index in [1.807, 2.05) is 0 Å². The van der Waals surface area contributed by atoms with Crippen molar-refractivity contribution in [2.24, 2.45) is 5.73 Å². The van der Waals surface area contributed by atoms with Crippen molar-refractivity contribution in [2.45, 2.75) is 0 Å². The van der Waals surface area contributed by atoms with Crippen LogP contribution >= 0.6 is 0 Å². The minimum atomic E-state index is -0.484. The third-order valence-corrected chi connectivity index (χ3v) is 2.16. The molecule has 0 aliphatic rings. The van der Waals surface area contributed by atoms with E-state index in [0.717, 1.165) is 0 Å². The number of carbonyl (C=O) groups excluding carboxylic acids is 1. The zero-order valence-electron chi connectivity index (χ0n) is 12.7. The standard InChI is InChI=1S/C13H27NO7/c1-16-2-3-17-4-5-18-6-7-19-8-9-20-10-11-21-12-13(14)15/h2-12H2,1H3,(H2,14,15). The molecule has 0 radical (unpaired) electrons. The molecule has 0 atom stereocenters. The SMILES string of the molecule is COCCOCCOCCOCCOCCOCC(N)=O. The molecule has 126 valence electrons. The van der Waals surface area contributed by atoms with Crippen molar-refractivity contribution in [3.63, 3.8) is 0 Å². The van der Waals surface area contributed by atoms with E-state index in [-0.39, 0.29) is 6.61 Å². The summed E-state index contributed by atoms with van der Waals surface area (Å²) in [4.78, 5) is 10.4. The van der Waals surface area contributed by atoms with Crippen molar-refractivity contribution in [1.29, 1.82) is 0 Å². The van der Waals surface area contributed by atoms with E-state index < -0.39 is 5.91 Å². The Labute approximate surface area is 125 Å². The summed E-state index contributed by atoms with van der Waals surface area (Å²) in [6, 6.07) is 0. The van der Waals surface area contributed by atoms with Gasteiger partial charge in [0, 0.05) is 7.11 Å². The highest BCUT2D eigenvalue weighted by Gasteiger charge is 1.95. The maximum atomic E-state index is 10.4. The molecule has 0 saturated heterocycles. The van der Waals surface area contributed by atoms with E-state index >= 15 is 0 Å². The smallest absolute Gasteiger partial charge is 0.243 e. The Hall–Kier alpha value is -0.770. The molecule has 2 N–H and O–H groups in total.